The molecule has 0 radical (unpaired) electrons. The number of benzene rings is 1. The predicted octanol–water partition coefficient (Wildman–Crippen LogP) is 2.17. The maximum absolute atomic E-state index is 12.2. The van der Waals surface area contributed by atoms with Gasteiger partial charge in [0.2, 0.25) is 5.95 Å². The number of rotatable bonds is 4. The summed E-state index contributed by atoms with van der Waals surface area (Å²) in [4.78, 5) is 16.4. The van der Waals surface area contributed by atoms with Crippen molar-refractivity contribution in [1.82, 2.24) is 14.8 Å². The van der Waals surface area contributed by atoms with Crippen LogP contribution in [0.3, 0.4) is 0 Å². The summed E-state index contributed by atoms with van der Waals surface area (Å²) in [6, 6.07) is 5.16. The number of fused-ring (bicyclic) bond motifs is 1. The SMILES string of the molecule is COc1cccc([C@@H]2C(C(C)=O)=C(C)Nc3ncnn32)c1OC. The lowest BCUT2D eigenvalue weighted by atomic mass is 9.92. The second-order valence-electron chi connectivity index (χ2n) is 5.23. The third-order valence-electron chi connectivity index (χ3n) is 3.90. The topological polar surface area (TPSA) is 78.3 Å². The smallest absolute Gasteiger partial charge is 0.226 e. The molecule has 1 aromatic carbocycles. The Kier molecular flexibility index (Phi) is 3.77. The molecule has 0 saturated carbocycles. The zero-order valence-corrected chi connectivity index (χ0v) is 13.5. The van der Waals surface area contributed by atoms with Crippen molar-refractivity contribution in [3.05, 3.63) is 41.4 Å². The predicted molar refractivity (Wildman–Crippen MR) is 84.7 cm³/mol. The highest BCUT2D eigenvalue weighted by Crippen LogP contribution is 2.42. The van der Waals surface area contributed by atoms with E-state index < -0.39 is 6.04 Å². The van der Waals surface area contributed by atoms with Crippen molar-refractivity contribution >= 4 is 11.7 Å². The fraction of sp³-hybridized carbons (Fsp3) is 0.312. The van der Waals surface area contributed by atoms with Crippen molar-refractivity contribution in [3.8, 4) is 11.5 Å². The molecule has 0 aliphatic carbocycles. The third kappa shape index (κ3) is 2.34. The van der Waals surface area contributed by atoms with Crippen molar-refractivity contribution < 1.29 is 14.3 Å². The van der Waals surface area contributed by atoms with E-state index in [9.17, 15) is 4.79 Å². The number of aromatic nitrogens is 3. The molecule has 0 bridgehead atoms. The van der Waals surface area contributed by atoms with Crippen LogP contribution >= 0.6 is 0 Å². The standard InChI is InChI=1S/C16H18N4O3/c1-9-13(10(2)21)14(20-16(19-9)17-8-18-20)11-6-5-7-12(22-3)15(11)23-4/h5-8,14H,1-4H3,(H,17,18,19)/t14-/m1/s1. The number of carbonyl (C=O) groups excluding carboxylic acids is 1. The van der Waals surface area contributed by atoms with Crippen LogP contribution in [0, 0.1) is 0 Å². The van der Waals surface area contributed by atoms with Crippen molar-refractivity contribution in [2.24, 2.45) is 0 Å². The summed E-state index contributed by atoms with van der Waals surface area (Å²) in [7, 11) is 3.16. The van der Waals surface area contributed by atoms with E-state index in [2.05, 4.69) is 15.4 Å². The van der Waals surface area contributed by atoms with Gasteiger partial charge in [-0.1, -0.05) is 12.1 Å². The Bertz CT molecular complexity index is 794. The summed E-state index contributed by atoms with van der Waals surface area (Å²) in [5.41, 5.74) is 2.17. The Labute approximate surface area is 133 Å². The van der Waals surface area contributed by atoms with Gasteiger partial charge in [-0.25, -0.2) is 4.68 Å². The highest BCUT2D eigenvalue weighted by atomic mass is 16.5. The molecule has 0 saturated heterocycles. The lowest BCUT2D eigenvalue weighted by Gasteiger charge is -2.29. The van der Waals surface area contributed by atoms with Crippen LogP contribution in [0.2, 0.25) is 0 Å². The molecule has 1 aliphatic rings. The summed E-state index contributed by atoms with van der Waals surface area (Å²) in [6.07, 6.45) is 1.46. The number of anilines is 1. The molecular formula is C16H18N4O3. The van der Waals surface area contributed by atoms with Gasteiger partial charge in [0.05, 0.1) is 14.2 Å². The van der Waals surface area contributed by atoms with E-state index in [0.717, 1.165) is 11.3 Å². The lowest BCUT2D eigenvalue weighted by molar-refractivity contribution is -0.114. The molecule has 120 valence electrons. The molecule has 2 aromatic rings. The molecule has 0 unspecified atom stereocenters. The minimum Gasteiger partial charge on any atom is -0.493 e. The molecule has 3 rings (SSSR count). The fourth-order valence-electron chi connectivity index (χ4n) is 2.96. The van der Waals surface area contributed by atoms with Crippen LogP contribution in [0.1, 0.15) is 25.5 Å². The molecular weight excluding hydrogens is 296 g/mol. The van der Waals surface area contributed by atoms with Gasteiger partial charge in [-0.2, -0.15) is 10.1 Å². The molecule has 0 amide bonds. The number of allylic oxidation sites excluding steroid dienone is 2. The highest BCUT2D eigenvalue weighted by molar-refractivity contribution is 5.96. The van der Waals surface area contributed by atoms with Gasteiger partial charge in [0.25, 0.3) is 0 Å². The number of ketones is 1. The van der Waals surface area contributed by atoms with Crippen LogP contribution in [0.5, 0.6) is 11.5 Å². The van der Waals surface area contributed by atoms with Gasteiger partial charge < -0.3 is 14.8 Å². The van der Waals surface area contributed by atoms with Crippen LogP contribution in [0.4, 0.5) is 5.95 Å². The Hall–Kier alpha value is -2.83. The molecule has 2 heterocycles. The minimum atomic E-state index is -0.420. The summed E-state index contributed by atoms with van der Waals surface area (Å²) in [6.45, 7) is 3.40. The number of nitrogens with zero attached hydrogens (tertiary/aromatic N) is 3. The minimum absolute atomic E-state index is 0.0361. The Balaban J connectivity index is 2.27. The Morgan fingerprint density at radius 3 is 2.74 bits per heavy atom. The van der Waals surface area contributed by atoms with Gasteiger partial charge in [-0.05, 0) is 19.9 Å². The molecule has 0 spiro atoms. The molecule has 1 atom stereocenters. The van der Waals surface area contributed by atoms with Crippen LogP contribution in [0.25, 0.3) is 0 Å². The fourth-order valence-corrected chi connectivity index (χ4v) is 2.96. The maximum Gasteiger partial charge on any atom is 0.226 e. The number of hydrogen-bond donors (Lipinski definition) is 1. The normalized spacial score (nSPS) is 16.6. The maximum atomic E-state index is 12.2. The summed E-state index contributed by atoms with van der Waals surface area (Å²) >= 11 is 0. The first-order valence-corrected chi connectivity index (χ1v) is 7.17. The van der Waals surface area contributed by atoms with E-state index in [-0.39, 0.29) is 5.78 Å². The third-order valence-corrected chi connectivity index (χ3v) is 3.90. The molecule has 7 nitrogen and oxygen atoms in total. The first-order chi connectivity index (χ1) is 11.1. The zero-order chi connectivity index (χ0) is 16.6. The van der Waals surface area contributed by atoms with Gasteiger partial charge in [0.15, 0.2) is 17.3 Å². The van der Waals surface area contributed by atoms with E-state index in [1.54, 1.807) is 25.8 Å². The monoisotopic (exact) mass is 314 g/mol. The Morgan fingerprint density at radius 1 is 1.30 bits per heavy atom. The van der Waals surface area contributed by atoms with E-state index in [1.165, 1.54) is 6.33 Å². The van der Waals surface area contributed by atoms with Crippen LogP contribution < -0.4 is 14.8 Å². The van der Waals surface area contributed by atoms with Gasteiger partial charge in [-0.15, -0.1) is 0 Å². The largest absolute Gasteiger partial charge is 0.493 e. The van der Waals surface area contributed by atoms with Crippen molar-refractivity contribution in [3.63, 3.8) is 0 Å². The first-order valence-electron chi connectivity index (χ1n) is 7.17. The number of ether oxygens (including phenoxy) is 2. The molecule has 23 heavy (non-hydrogen) atoms. The molecule has 1 aromatic heterocycles. The van der Waals surface area contributed by atoms with E-state index in [4.69, 9.17) is 9.47 Å². The summed E-state index contributed by atoms with van der Waals surface area (Å²) < 4.78 is 12.6. The number of methoxy groups -OCH3 is 2. The van der Waals surface area contributed by atoms with Crippen molar-refractivity contribution in [2.45, 2.75) is 19.9 Å². The first kappa shape index (κ1) is 15.1. The lowest BCUT2D eigenvalue weighted by Crippen LogP contribution is -2.28. The van der Waals surface area contributed by atoms with E-state index in [1.807, 2.05) is 25.1 Å². The number of para-hydroxylation sites is 1. The van der Waals surface area contributed by atoms with Gasteiger partial charge in [0.1, 0.15) is 12.4 Å². The van der Waals surface area contributed by atoms with Crippen LogP contribution in [0.15, 0.2) is 35.8 Å². The average Bonchev–Trinajstić information content (AvgIpc) is 3.00. The number of nitrogens with one attached hydrogen (secondary N) is 1. The zero-order valence-electron chi connectivity index (χ0n) is 13.5. The second-order valence-corrected chi connectivity index (χ2v) is 5.23. The molecule has 1 N–H and O–H groups in total. The van der Waals surface area contributed by atoms with Crippen molar-refractivity contribution in [2.75, 3.05) is 19.5 Å². The molecule has 1 aliphatic heterocycles. The van der Waals surface area contributed by atoms with Gasteiger partial charge in [-0.3, -0.25) is 4.79 Å². The number of Topliss-reactive ketones (excluding diaryl/α,β-unsaturated/α-hetero) is 1. The van der Waals surface area contributed by atoms with Crippen LogP contribution in [-0.2, 0) is 4.79 Å². The molecule has 0 fully saturated rings. The molecule has 7 heteroatoms. The van der Waals surface area contributed by atoms with Crippen LogP contribution in [-0.4, -0.2) is 34.8 Å². The van der Waals surface area contributed by atoms with Gasteiger partial charge in [0, 0.05) is 16.8 Å². The van der Waals surface area contributed by atoms with E-state index in [0.29, 0.717) is 23.0 Å². The highest BCUT2D eigenvalue weighted by Gasteiger charge is 2.34. The summed E-state index contributed by atoms with van der Waals surface area (Å²) in [5.74, 6) is 1.73. The second kappa shape index (κ2) is 5.75. The van der Waals surface area contributed by atoms with Crippen molar-refractivity contribution in [1.29, 1.82) is 0 Å². The van der Waals surface area contributed by atoms with Gasteiger partial charge >= 0.3 is 0 Å². The Morgan fingerprint density at radius 2 is 2.09 bits per heavy atom. The summed E-state index contributed by atoms with van der Waals surface area (Å²) in [5, 5.41) is 7.39. The van der Waals surface area contributed by atoms with E-state index >= 15 is 0 Å². The number of hydrogen-bond acceptors (Lipinski definition) is 6. The number of carbonyl (C=O) groups is 1. The average molecular weight is 314 g/mol. The quantitative estimate of drug-likeness (QED) is 0.932.